The van der Waals surface area contributed by atoms with E-state index in [2.05, 4.69) is 227 Å². The van der Waals surface area contributed by atoms with E-state index in [0.717, 1.165) is 0 Å². The molecule has 0 heterocycles. The summed E-state index contributed by atoms with van der Waals surface area (Å²) in [7, 11) is -1.77. The van der Waals surface area contributed by atoms with Crippen LogP contribution < -0.4 is 31.8 Å². The summed E-state index contributed by atoms with van der Waals surface area (Å²) in [5.74, 6) is 0. The molecule has 0 radical (unpaired) electrons. The highest BCUT2D eigenvalue weighted by atomic mass is 127. The van der Waals surface area contributed by atoms with Crippen LogP contribution in [0.15, 0.2) is 182 Å². The third-order valence-corrected chi connectivity index (χ3v) is 15.4. The standard InChI is InChI=1S/C44H30I2P2/c45-39-29-41(47(31-17-5-1-6-18-31)32-19-7-2-8-20-32)43(37-27-15-13-25-35(37)39)44-38-28-16-14-26-36(38)40(46)30-42(44)48(33-21-9-3-10-22-33)34-23-11-4-12-24-34/h1-30H. The molecule has 0 atom stereocenters. The van der Waals surface area contributed by atoms with Crippen LogP contribution >= 0.6 is 61.0 Å². The van der Waals surface area contributed by atoms with Crippen molar-refractivity contribution in [1.29, 1.82) is 0 Å². The van der Waals surface area contributed by atoms with Crippen molar-refractivity contribution in [2.45, 2.75) is 0 Å². The lowest BCUT2D eigenvalue weighted by molar-refractivity contribution is 1.69. The summed E-state index contributed by atoms with van der Waals surface area (Å²) in [6.45, 7) is 0. The van der Waals surface area contributed by atoms with Crippen molar-refractivity contribution < 1.29 is 0 Å². The highest BCUT2D eigenvalue weighted by Crippen LogP contribution is 2.47. The van der Waals surface area contributed by atoms with Gasteiger partial charge in [0, 0.05) is 7.14 Å². The van der Waals surface area contributed by atoms with Gasteiger partial charge in [0.2, 0.25) is 0 Å². The zero-order chi connectivity index (χ0) is 32.5. The number of halogens is 2. The Hall–Kier alpha value is -3.40. The highest BCUT2D eigenvalue weighted by molar-refractivity contribution is 14.1. The number of benzene rings is 8. The largest absolute Gasteiger partial charge is 0.0622 e. The summed E-state index contributed by atoms with van der Waals surface area (Å²) in [6, 6.07) is 67.6. The van der Waals surface area contributed by atoms with E-state index in [1.807, 2.05) is 0 Å². The Morgan fingerprint density at radius 1 is 0.292 bits per heavy atom. The fraction of sp³-hybridized carbons (Fsp3) is 0. The van der Waals surface area contributed by atoms with Crippen molar-refractivity contribution in [1.82, 2.24) is 0 Å². The van der Waals surface area contributed by atoms with Gasteiger partial charge in [-0.1, -0.05) is 170 Å². The molecule has 0 aliphatic carbocycles. The van der Waals surface area contributed by atoms with Gasteiger partial charge in [0.25, 0.3) is 0 Å². The molecule has 0 nitrogen and oxygen atoms in total. The number of rotatable bonds is 7. The van der Waals surface area contributed by atoms with E-state index >= 15 is 0 Å². The van der Waals surface area contributed by atoms with Gasteiger partial charge in [0.05, 0.1) is 0 Å². The summed E-state index contributed by atoms with van der Waals surface area (Å²) in [5, 5.41) is 13.4. The van der Waals surface area contributed by atoms with Gasteiger partial charge >= 0.3 is 0 Å². The maximum absolute atomic E-state index is 2.57. The second-order valence-electron chi connectivity index (χ2n) is 11.6. The molecular weight excluding hydrogens is 844 g/mol. The smallest absolute Gasteiger partial charge is 0.0215 e. The molecule has 230 valence electrons. The third kappa shape index (κ3) is 6.03. The Kier molecular flexibility index (Phi) is 9.43. The van der Waals surface area contributed by atoms with Crippen molar-refractivity contribution in [2.75, 3.05) is 0 Å². The first kappa shape index (κ1) is 31.8. The van der Waals surface area contributed by atoms with E-state index in [9.17, 15) is 0 Å². The minimum Gasteiger partial charge on any atom is -0.0622 e. The van der Waals surface area contributed by atoms with E-state index in [0.29, 0.717) is 0 Å². The van der Waals surface area contributed by atoms with Crippen LogP contribution in [0.3, 0.4) is 0 Å². The summed E-state index contributed by atoms with van der Waals surface area (Å²) in [5.41, 5.74) is 2.71. The Balaban J connectivity index is 1.57. The molecule has 4 heteroatoms. The monoisotopic (exact) mass is 874 g/mol. The zero-order valence-electron chi connectivity index (χ0n) is 26.0. The molecule has 0 saturated heterocycles. The fourth-order valence-corrected chi connectivity index (χ4v) is 13.7. The molecule has 0 amide bonds. The summed E-state index contributed by atoms with van der Waals surface area (Å²) in [6.07, 6.45) is 0. The van der Waals surface area contributed by atoms with Gasteiger partial charge in [-0.15, -0.1) is 0 Å². The second kappa shape index (κ2) is 14.2. The third-order valence-electron chi connectivity index (χ3n) is 8.74. The average Bonchev–Trinajstić information content (AvgIpc) is 3.15. The summed E-state index contributed by atoms with van der Waals surface area (Å²) >= 11 is 5.14. The van der Waals surface area contributed by atoms with E-state index in [-0.39, 0.29) is 0 Å². The highest BCUT2D eigenvalue weighted by Gasteiger charge is 2.29. The van der Waals surface area contributed by atoms with Gasteiger partial charge in [-0.25, -0.2) is 0 Å². The van der Waals surface area contributed by atoms with Crippen LogP contribution in [0.4, 0.5) is 0 Å². The number of fused-ring (bicyclic) bond motifs is 2. The quantitative estimate of drug-likeness (QED) is 0.111. The minimum atomic E-state index is -0.883. The average molecular weight is 874 g/mol. The first-order valence-corrected chi connectivity index (χ1v) is 20.8. The molecule has 8 aromatic rings. The Bertz CT molecular complexity index is 2110. The van der Waals surface area contributed by atoms with Crippen molar-refractivity contribution in [3.05, 3.63) is 189 Å². The SMILES string of the molecule is Ic1cc(P(c2ccccc2)c2ccccc2)c(-c2c(P(c3ccccc3)c3ccccc3)cc(I)c3ccccc23)c2ccccc12. The molecule has 0 fully saturated rings. The molecule has 0 aliphatic rings. The lowest BCUT2D eigenvalue weighted by Gasteiger charge is -2.29. The molecule has 0 bridgehead atoms. The van der Waals surface area contributed by atoms with Crippen LogP contribution in [0.25, 0.3) is 32.7 Å². The predicted octanol–water partition coefficient (Wildman–Crippen LogP) is 10.4. The Labute approximate surface area is 312 Å². The van der Waals surface area contributed by atoms with Crippen LogP contribution in [0.1, 0.15) is 0 Å². The van der Waals surface area contributed by atoms with Gasteiger partial charge in [-0.2, -0.15) is 0 Å². The first-order chi connectivity index (χ1) is 23.7. The van der Waals surface area contributed by atoms with Crippen LogP contribution in [0.2, 0.25) is 0 Å². The van der Waals surface area contributed by atoms with Crippen LogP contribution in [0, 0.1) is 7.14 Å². The predicted molar refractivity (Wildman–Crippen MR) is 230 cm³/mol. The second-order valence-corrected chi connectivity index (χ2v) is 18.3. The number of hydrogen-bond acceptors (Lipinski definition) is 0. The van der Waals surface area contributed by atoms with Gasteiger partial charge in [0.1, 0.15) is 0 Å². The molecule has 0 N–H and O–H groups in total. The first-order valence-electron chi connectivity index (χ1n) is 15.9. The molecular formula is C44H30I2P2. The van der Waals surface area contributed by atoms with E-state index in [1.165, 1.54) is 71.6 Å². The van der Waals surface area contributed by atoms with E-state index < -0.39 is 15.8 Å². The maximum atomic E-state index is 2.57. The molecule has 8 rings (SSSR count). The molecule has 0 unspecified atom stereocenters. The molecule has 0 spiro atoms. The van der Waals surface area contributed by atoms with Gasteiger partial charge < -0.3 is 0 Å². The van der Waals surface area contributed by atoms with Crippen LogP contribution in [-0.2, 0) is 0 Å². The Morgan fingerprint density at radius 3 is 0.833 bits per heavy atom. The van der Waals surface area contributed by atoms with Gasteiger partial charge in [0.15, 0.2) is 0 Å². The lowest BCUT2D eigenvalue weighted by atomic mass is 9.93. The van der Waals surface area contributed by atoms with Crippen molar-refractivity contribution in [3.63, 3.8) is 0 Å². The molecule has 0 aromatic heterocycles. The normalized spacial score (nSPS) is 11.5. The van der Waals surface area contributed by atoms with Gasteiger partial charge in [-0.05, 0) is 138 Å². The van der Waals surface area contributed by atoms with Crippen LogP contribution in [0.5, 0.6) is 0 Å². The molecule has 48 heavy (non-hydrogen) atoms. The number of hydrogen-bond donors (Lipinski definition) is 0. The van der Waals surface area contributed by atoms with Gasteiger partial charge in [-0.3, -0.25) is 0 Å². The summed E-state index contributed by atoms with van der Waals surface area (Å²) in [4.78, 5) is 0. The van der Waals surface area contributed by atoms with E-state index in [4.69, 9.17) is 0 Å². The zero-order valence-corrected chi connectivity index (χ0v) is 32.1. The minimum absolute atomic E-state index is 0.883. The van der Waals surface area contributed by atoms with E-state index in [1.54, 1.807) is 0 Å². The maximum Gasteiger partial charge on any atom is 0.0215 e. The molecule has 8 aromatic carbocycles. The van der Waals surface area contributed by atoms with Crippen LogP contribution in [-0.4, -0.2) is 0 Å². The topological polar surface area (TPSA) is 0 Å². The lowest BCUT2D eigenvalue weighted by Crippen LogP contribution is -2.26. The molecule has 0 aliphatic heterocycles. The molecule has 0 saturated carbocycles. The fourth-order valence-electron chi connectivity index (χ4n) is 6.68. The van der Waals surface area contributed by atoms with Crippen molar-refractivity contribution in [2.24, 2.45) is 0 Å². The van der Waals surface area contributed by atoms with Crippen molar-refractivity contribution in [3.8, 4) is 11.1 Å². The van der Waals surface area contributed by atoms with Crippen molar-refractivity contribution >= 4 is 114 Å². The Morgan fingerprint density at radius 2 is 0.542 bits per heavy atom. The summed E-state index contributed by atoms with van der Waals surface area (Å²) < 4.78 is 2.57.